The molecule has 0 aromatic carbocycles. The molecular weight excluding hydrogens is 252 g/mol. The van der Waals surface area contributed by atoms with Crippen molar-refractivity contribution in [1.29, 1.82) is 0 Å². The number of rotatable bonds is 5. The molecule has 0 saturated heterocycles. The van der Waals surface area contributed by atoms with Gasteiger partial charge >= 0.3 is 6.09 Å². The van der Waals surface area contributed by atoms with Gasteiger partial charge in [-0.1, -0.05) is 20.8 Å². The molecule has 0 aromatic rings. The van der Waals surface area contributed by atoms with Gasteiger partial charge in [-0.05, 0) is 51.9 Å². The average Bonchev–Trinajstić information content (AvgIpc) is 2.61. The van der Waals surface area contributed by atoms with Gasteiger partial charge in [0.2, 0.25) is 0 Å². The van der Waals surface area contributed by atoms with Gasteiger partial charge in [-0.3, -0.25) is 0 Å². The molecule has 0 heterocycles. The Morgan fingerprint density at radius 2 is 2.05 bits per heavy atom. The van der Waals surface area contributed by atoms with Crippen molar-refractivity contribution in [1.82, 2.24) is 10.6 Å². The van der Waals surface area contributed by atoms with Crippen LogP contribution in [-0.4, -0.2) is 30.3 Å². The maximum Gasteiger partial charge on any atom is 0.407 e. The summed E-state index contributed by atoms with van der Waals surface area (Å²) in [6.45, 7) is 13.2. The quantitative estimate of drug-likeness (QED) is 0.813. The molecule has 2 unspecified atom stereocenters. The smallest absolute Gasteiger partial charge is 0.407 e. The molecular formula is C16H32N2O2. The average molecular weight is 284 g/mol. The van der Waals surface area contributed by atoms with Crippen molar-refractivity contribution in [3.05, 3.63) is 0 Å². The Kier molecular flexibility index (Phi) is 5.87. The molecule has 0 bridgehead atoms. The fourth-order valence-corrected chi connectivity index (χ4v) is 2.69. The van der Waals surface area contributed by atoms with Crippen LogP contribution >= 0.6 is 0 Å². The van der Waals surface area contributed by atoms with E-state index < -0.39 is 5.60 Å². The molecule has 1 amide bonds. The Morgan fingerprint density at radius 1 is 1.40 bits per heavy atom. The van der Waals surface area contributed by atoms with Crippen LogP contribution in [0.2, 0.25) is 0 Å². The predicted molar refractivity (Wildman–Crippen MR) is 82.9 cm³/mol. The number of ether oxygens (including phenoxy) is 1. The van der Waals surface area contributed by atoms with Crippen LogP contribution in [0.4, 0.5) is 4.79 Å². The molecule has 20 heavy (non-hydrogen) atoms. The minimum absolute atomic E-state index is 0.133. The van der Waals surface area contributed by atoms with Gasteiger partial charge in [0.1, 0.15) is 5.60 Å². The Labute approximate surface area is 124 Å². The number of carbonyl (C=O) groups excluding carboxylic acids is 1. The van der Waals surface area contributed by atoms with Crippen LogP contribution in [0.15, 0.2) is 0 Å². The van der Waals surface area contributed by atoms with Crippen molar-refractivity contribution in [2.24, 2.45) is 5.41 Å². The van der Waals surface area contributed by atoms with Crippen molar-refractivity contribution in [2.75, 3.05) is 6.54 Å². The molecule has 118 valence electrons. The van der Waals surface area contributed by atoms with E-state index in [-0.39, 0.29) is 12.1 Å². The van der Waals surface area contributed by atoms with E-state index in [4.69, 9.17) is 4.74 Å². The zero-order valence-electron chi connectivity index (χ0n) is 14.0. The van der Waals surface area contributed by atoms with E-state index >= 15 is 0 Å². The normalized spacial score (nSPS) is 23.4. The van der Waals surface area contributed by atoms with Crippen LogP contribution < -0.4 is 10.6 Å². The number of alkyl carbamates (subject to hydrolysis) is 1. The van der Waals surface area contributed by atoms with Gasteiger partial charge < -0.3 is 15.4 Å². The van der Waals surface area contributed by atoms with Crippen LogP contribution in [0.5, 0.6) is 0 Å². The summed E-state index contributed by atoms with van der Waals surface area (Å²) in [5, 5.41) is 6.53. The molecule has 4 heteroatoms. The monoisotopic (exact) mass is 284 g/mol. The van der Waals surface area contributed by atoms with E-state index in [0.29, 0.717) is 11.5 Å². The minimum atomic E-state index is -0.439. The Bertz CT molecular complexity index is 321. The third-order valence-corrected chi connectivity index (χ3v) is 3.84. The molecule has 2 N–H and O–H groups in total. The van der Waals surface area contributed by atoms with Gasteiger partial charge in [-0.2, -0.15) is 0 Å². The Morgan fingerprint density at radius 3 is 2.50 bits per heavy atom. The van der Waals surface area contributed by atoms with E-state index in [0.717, 1.165) is 13.0 Å². The molecule has 0 radical (unpaired) electrons. The zero-order valence-corrected chi connectivity index (χ0v) is 14.0. The molecule has 4 nitrogen and oxygen atoms in total. The number of hydrogen-bond donors (Lipinski definition) is 2. The second kappa shape index (κ2) is 6.79. The molecule has 0 aromatic heterocycles. The molecule has 1 fully saturated rings. The summed E-state index contributed by atoms with van der Waals surface area (Å²) < 4.78 is 5.30. The standard InChI is InChI=1S/C16H32N2O2/c1-7-12(18-14(19)20-15(2,3)4)11-17-13-8-9-16(5,6)10-13/h12-13,17H,7-11H2,1-6H3,(H,18,19). The SMILES string of the molecule is CCC(CNC1CCC(C)(C)C1)NC(=O)OC(C)(C)C. The van der Waals surface area contributed by atoms with Crippen LogP contribution in [0.3, 0.4) is 0 Å². The molecule has 1 aliphatic rings. The molecule has 1 aliphatic carbocycles. The van der Waals surface area contributed by atoms with E-state index in [2.05, 4.69) is 31.4 Å². The van der Waals surface area contributed by atoms with Gasteiger partial charge in [0.25, 0.3) is 0 Å². The number of carbonyl (C=O) groups is 1. The highest BCUT2D eigenvalue weighted by atomic mass is 16.6. The number of hydrogen-bond acceptors (Lipinski definition) is 3. The van der Waals surface area contributed by atoms with E-state index in [1.165, 1.54) is 19.3 Å². The fraction of sp³-hybridized carbons (Fsp3) is 0.938. The first-order valence-corrected chi connectivity index (χ1v) is 7.84. The van der Waals surface area contributed by atoms with Gasteiger partial charge in [0.15, 0.2) is 0 Å². The summed E-state index contributed by atoms with van der Waals surface area (Å²) in [5.41, 5.74) is 0.0171. The van der Waals surface area contributed by atoms with Crippen molar-refractivity contribution in [3.8, 4) is 0 Å². The van der Waals surface area contributed by atoms with Crippen LogP contribution in [0.25, 0.3) is 0 Å². The van der Waals surface area contributed by atoms with Crippen LogP contribution in [-0.2, 0) is 4.74 Å². The maximum atomic E-state index is 11.8. The lowest BCUT2D eigenvalue weighted by Crippen LogP contribution is -2.45. The van der Waals surface area contributed by atoms with Gasteiger partial charge in [-0.15, -0.1) is 0 Å². The zero-order chi connectivity index (χ0) is 15.4. The number of nitrogens with one attached hydrogen (secondary N) is 2. The number of amides is 1. The molecule has 2 atom stereocenters. The summed E-state index contributed by atoms with van der Waals surface area (Å²) in [7, 11) is 0. The van der Waals surface area contributed by atoms with E-state index in [1.54, 1.807) is 0 Å². The first-order valence-electron chi connectivity index (χ1n) is 7.84. The summed E-state index contributed by atoms with van der Waals surface area (Å²) >= 11 is 0. The highest BCUT2D eigenvalue weighted by Crippen LogP contribution is 2.36. The summed E-state index contributed by atoms with van der Waals surface area (Å²) in [4.78, 5) is 11.8. The van der Waals surface area contributed by atoms with Gasteiger partial charge in [0.05, 0.1) is 0 Å². The van der Waals surface area contributed by atoms with Gasteiger partial charge in [0, 0.05) is 18.6 Å². The summed E-state index contributed by atoms with van der Waals surface area (Å²) in [5.74, 6) is 0. The highest BCUT2D eigenvalue weighted by Gasteiger charge is 2.30. The van der Waals surface area contributed by atoms with Gasteiger partial charge in [-0.25, -0.2) is 4.79 Å². The summed E-state index contributed by atoms with van der Waals surface area (Å²) in [6, 6.07) is 0.716. The van der Waals surface area contributed by atoms with Crippen molar-refractivity contribution < 1.29 is 9.53 Å². The van der Waals surface area contributed by atoms with Crippen LogP contribution in [0, 0.1) is 5.41 Å². The first kappa shape index (κ1) is 17.3. The van der Waals surface area contributed by atoms with Crippen molar-refractivity contribution in [3.63, 3.8) is 0 Å². The highest BCUT2D eigenvalue weighted by molar-refractivity contribution is 5.68. The van der Waals surface area contributed by atoms with Crippen LogP contribution in [0.1, 0.15) is 67.2 Å². The maximum absolute atomic E-state index is 11.8. The lowest BCUT2D eigenvalue weighted by Gasteiger charge is -2.24. The molecule has 1 rings (SSSR count). The predicted octanol–water partition coefficient (Wildman–Crippen LogP) is 3.46. The van der Waals surface area contributed by atoms with Crippen molar-refractivity contribution >= 4 is 6.09 Å². The van der Waals surface area contributed by atoms with E-state index in [1.807, 2.05) is 20.8 Å². The third-order valence-electron chi connectivity index (χ3n) is 3.84. The van der Waals surface area contributed by atoms with Crippen molar-refractivity contribution in [2.45, 2.75) is 84.9 Å². The molecule has 1 saturated carbocycles. The minimum Gasteiger partial charge on any atom is -0.444 e. The van der Waals surface area contributed by atoms with E-state index in [9.17, 15) is 4.79 Å². The second-order valence-corrected chi connectivity index (χ2v) is 7.76. The molecule has 0 aliphatic heterocycles. The first-order chi connectivity index (χ1) is 9.11. The summed E-state index contributed by atoms with van der Waals surface area (Å²) in [6.07, 6.45) is 4.31. The Hall–Kier alpha value is -0.770. The lowest BCUT2D eigenvalue weighted by molar-refractivity contribution is 0.0501. The molecule has 0 spiro atoms. The third kappa shape index (κ3) is 6.60. The Balaban J connectivity index is 2.31. The largest absolute Gasteiger partial charge is 0.444 e. The second-order valence-electron chi connectivity index (χ2n) is 7.76. The topological polar surface area (TPSA) is 50.4 Å². The lowest BCUT2D eigenvalue weighted by atomic mass is 9.92. The fourth-order valence-electron chi connectivity index (χ4n) is 2.69.